The molecule has 0 aliphatic heterocycles. The van der Waals surface area contributed by atoms with Crippen LogP contribution in [0.4, 0.5) is 10.7 Å². The Balaban J connectivity index is 1.89. The van der Waals surface area contributed by atoms with Gasteiger partial charge in [0, 0.05) is 31.4 Å². The number of pyridine rings is 2. The Bertz CT molecular complexity index is 1150. The topological polar surface area (TPSA) is 110 Å². The summed E-state index contributed by atoms with van der Waals surface area (Å²) in [6.07, 6.45) is 3.50. The molecular formula is C19H19N7O2. The maximum atomic E-state index is 11.8. The van der Waals surface area contributed by atoms with Crippen LogP contribution >= 0.6 is 0 Å². The molecule has 0 atom stereocenters. The summed E-state index contributed by atoms with van der Waals surface area (Å²) in [6, 6.07) is 7.30. The summed E-state index contributed by atoms with van der Waals surface area (Å²) in [5.74, 6) is 1.36. The van der Waals surface area contributed by atoms with Gasteiger partial charge in [-0.2, -0.15) is 4.98 Å². The van der Waals surface area contributed by atoms with Crippen LogP contribution < -0.4 is 10.6 Å². The number of anilines is 1. The van der Waals surface area contributed by atoms with Crippen molar-refractivity contribution in [3.8, 4) is 22.6 Å². The zero-order chi connectivity index (χ0) is 19.7. The Kier molecular flexibility index (Phi) is 4.48. The number of aryl methyl sites for hydroxylation is 2. The molecule has 4 heterocycles. The first-order valence-corrected chi connectivity index (χ1v) is 8.85. The number of amides is 2. The lowest BCUT2D eigenvalue weighted by Gasteiger charge is -2.06. The predicted octanol–water partition coefficient (Wildman–Crippen LogP) is 3.20. The minimum absolute atomic E-state index is 0.199. The summed E-state index contributed by atoms with van der Waals surface area (Å²) < 4.78 is 7.45. The fraction of sp³-hybridized carbons (Fsp3) is 0.211. The van der Waals surface area contributed by atoms with E-state index in [2.05, 4.69) is 30.7 Å². The Morgan fingerprint density at radius 3 is 2.75 bits per heavy atom. The van der Waals surface area contributed by atoms with E-state index in [1.54, 1.807) is 23.8 Å². The number of carbonyl (C=O) groups is 1. The molecule has 0 fully saturated rings. The summed E-state index contributed by atoms with van der Waals surface area (Å²) in [6.45, 7) is 6.01. The molecular weight excluding hydrogens is 358 g/mol. The normalized spacial score (nSPS) is 11.0. The molecule has 0 aromatic carbocycles. The minimum atomic E-state index is -0.362. The number of nitrogens with one attached hydrogen (secondary N) is 2. The smallest absolute Gasteiger partial charge is 0.321 e. The highest BCUT2D eigenvalue weighted by atomic mass is 16.4. The van der Waals surface area contributed by atoms with Gasteiger partial charge in [0.1, 0.15) is 5.69 Å². The molecule has 9 nitrogen and oxygen atoms in total. The van der Waals surface area contributed by atoms with Crippen molar-refractivity contribution < 1.29 is 9.21 Å². The van der Waals surface area contributed by atoms with Gasteiger partial charge in [-0.25, -0.2) is 14.3 Å². The van der Waals surface area contributed by atoms with E-state index in [1.165, 1.54) is 0 Å². The zero-order valence-corrected chi connectivity index (χ0v) is 15.7. The lowest BCUT2D eigenvalue weighted by Crippen LogP contribution is -2.28. The second-order valence-electron chi connectivity index (χ2n) is 6.21. The summed E-state index contributed by atoms with van der Waals surface area (Å²) in [4.78, 5) is 24.8. The first-order valence-electron chi connectivity index (χ1n) is 8.85. The number of urea groups is 1. The second kappa shape index (κ2) is 7.10. The van der Waals surface area contributed by atoms with Crippen molar-refractivity contribution in [1.82, 2.24) is 29.9 Å². The van der Waals surface area contributed by atoms with Crippen LogP contribution in [0, 0.1) is 13.8 Å². The average Bonchev–Trinajstić information content (AvgIpc) is 3.23. The van der Waals surface area contributed by atoms with Crippen LogP contribution in [0.1, 0.15) is 18.5 Å². The molecule has 0 radical (unpaired) electrons. The van der Waals surface area contributed by atoms with Gasteiger partial charge in [0.15, 0.2) is 17.3 Å². The molecule has 0 aliphatic carbocycles. The highest BCUT2D eigenvalue weighted by molar-refractivity contribution is 5.87. The zero-order valence-electron chi connectivity index (χ0n) is 15.7. The van der Waals surface area contributed by atoms with E-state index in [0.717, 1.165) is 16.8 Å². The van der Waals surface area contributed by atoms with Crippen molar-refractivity contribution in [2.75, 3.05) is 11.9 Å². The van der Waals surface area contributed by atoms with Crippen LogP contribution in [-0.4, -0.2) is 37.1 Å². The van der Waals surface area contributed by atoms with Gasteiger partial charge in [-0.15, -0.1) is 5.10 Å². The number of aromatic nitrogens is 5. The van der Waals surface area contributed by atoms with Gasteiger partial charge in [-0.05, 0) is 37.6 Å². The third kappa shape index (κ3) is 3.29. The Morgan fingerprint density at radius 1 is 1.21 bits per heavy atom. The van der Waals surface area contributed by atoms with Gasteiger partial charge in [0.05, 0.1) is 5.69 Å². The Labute approximate surface area is 160 Å². The monoisotopic (exact) mass is 377 g/mol. The van der Waals surface area contributed by atoms with Crippen molar-refractivity contribution in [2.24, 2.45) is 0 Å². The number of rotatable bonds is 4. The van der Waals surface area contributed by atoms with E-state index in [0.29, 0.717) is 29.5 Å². The van der Waals surface area contributed by atoms with Gasteiger partial charge in [-0.3, -0.25) is 10.3 Å². The molecule has 0 saturated carbocycles. The van der Waals surface area contributed by atoms with E-state index in [1.807, 2.05) is 38.1 Å². The largest absolute Gasteiger partial charge is 0.439 e. The maximum absolute atomic E-state index is 11.8. The highest BCUT2D eigenvalue weighted by Gasteiger charge is 2.18. The summed E-state index contributed by atoms with van der Waals surface area (Å²) in [7, 11) is 0. The van der Waals surface area contributed by atoms with Gasteiger partial charge < -0.3 is 9.73 Å². The SMILES string of the molecule is CCNC(=O)Nc1nc2cc(-c3cccnc3)cc(-c3oc(C)nc3C)n2n1. The van der Waals surface area contributed by atoms with Crippen LogP contribution in [0.5, 0.6) is 0 Å². The van der Waals surface area contributed by atoms with Crippen molar-refractivity contribution in [3.05, 3.63) is 48.2 Å². The molecule has 4 rings (SSSR count). The van der Waals surface area contributed by atoms with Crippen molar-refractivity contribution in [1.29, 1.82) is 0 Å². The third-order valence-corrected chi connectivity index (χ3v) is 4.13. The maximum Gasteiger partial charge on any atom is 0.321 e. The van der Waals surface area contributed by atoms with E-state index in [4.69, 9.17) is 4.42 Å². The van der Waals surface area contributed by atoms with Gasteiger partial charge in [-0.1, -0.05) is 6.07 Å². The third-order valence-electron chi connectivity index (χ3n) is 4.13. The average molecular weight is 377 g/mol. The standard InChI is InChI=1S/C19H19N7O2/c1-4-21-19(27)24-18-23-16-9-14(13-6-5-7-20-10-13)8-15(26(16)25-18)17-11(2)22-12(3)28-17/h5-10H,4H2,1-3H3,(H2,21,24,25,27). The van der Waals surface area contributed by atoms with Crippen LogP contribution in [0.25, 0.3) is 28.2 Å². The van der Waals surface area contributed by atoms with Crippen LogP contribution in [-0.2, 0) is 0 Å². The molecule has 9 heteroatoms. The molecule has 4 aromatic rings. The number of oxazole rings is 1. The number of hydrogen-bond acceptors (Lipinski definition) is 6. The number of hydrogen-bond donors (Lipinski definition) is 2. The molecule has 0 unspecified atom stereocenters. The molecule has 0 spiro atoms. The molecule has 0 aliphatic rings. The first kappa shape index (κ1) is 17.7. The second-order valence-corrected chi connectivity index (χ2v) is 6.21. The van der Waals surface area contributed by atoms with E-state index in [9.17, 15) is 4.79 Å². The molecule has 0 bridgehead atoms. The van der Waals surface area contributed by atoms with Crippen molar-refractivity contribution in [3.63, 3.8) is 0 Å². The van der Waals surface area contributed by atoms with Gasteiger partial charge >= 0.3 is 6.03 Å². The lowest BCUT2D eigenvalue weighted by molar-refractivity contribution is 0.252. The Hall–Kier alpha value is -3.75. The molecule has 0 saturated heterocycles. The molecule has 4 aromatic heterocycles. The van der Waals surface area contributed by atoms with E-state index < -0.39 is 0 Å². The fourth-order valence-corrected chi connectivity index (χ4v) is 2.97. The quantitative estimate of drug-likeness (QED) is 0.565. The molecule has 2 amide bonds. The molecule has 2 N–H and O–H groups in total. The number of nitrogens with zero attached hydrogens (tertiary/aromatic N) is 5. The summed E-state index contributed by atoms with van der Waals surface area (Å²) >= 11 is 0. The minimum Gasteiger partial charge on any atom is -0.439 e. The lowest BCUT2D eigenvalue weighted by atomic mass is 10.1. The van der Waals surface area contributed by atoms with Crippen LogP contribution in [0.15, 0.2) is 41.1 Å². The number of carbonyl (C=O) groups excluding carboxylic acids is 1. The summed E-state index contributed by atoms with van der Waals surface area (Å²) in [5.41, 5.74) is 3.83. The van der Waals surface area contributed by atoms with E-state index >= 15 is 0 Å². The van der Waals surface area contributed by atoms with Crippen LogP contribution in [0.2, 0.25) is 0 Å². The Morgan fingerprint density at radius 2 is 2.07 bits per heavy atom. The van der Waals surface area contributed by atoms with Gasteiger partial charge in [0.25, 0.3) is 5.95 Å². The van der Waals surface area contributed by atoms with Crippen molar-refractivity contribution >= 4 is 17.6 Å². The molecule has 142 valence electrons. The molecule has 28 heavy (non-hydrogen) atoms. The fourth-order valence-electron chi connectivity index (χ4n) is 2.97. The van der Waals surface area contributed by atoms with E-state index in [-0.39, 0.29) is 12.0 Å². The predicted molar refractivity (Wildman–Crippen MR) is 104 cm³/mol. The highest BCUT2D eigenvalue weighted by Crippen LogP contribution is 2.30. The van der Waals surface area contributed by atoms with Crippen molar-refractivity contribution in [2.45, 2.75) is 20.8 Å². The van der Waals surface area contributed by atoms with Crippen LogP contribution in [0.3, 0.4) is 0 Å². The first-order chi connectivity index (χ1) is 13.5. The number of fused-ring (bicyclic) bond motifs is 1. The van der Waals surface area contributed by atoms with Gasteiger partial charge in [0.2, 0.25) is 0 Å². The summed E-state index contributed by atoms with van der Waals surface area (Å²) in [5, 5.41) is 9.72.